The van der Waals surface area contributed by atoms with E-state index >= 15 is 0 Å². The summed E-state index contributed by atoms with van der Waals surface area (Å²) < 4.78 is 49.4. The molecule has 0 bridgehead atoms. The number of nitrogens with one attached hydrogen (secondary N) is 1. The van der Waals surface area contributed by atoms with E-state index in [1.807, 2.05) is 0 Å². The average molecular weight is 533 g/mol. The van der Waals surface area contributed by atoms with Crippen molar-refractivity contribution in [3.8, 4) is 5.75 Å². The lowest BCUT2D eigenvalue weighted by atomic mass is 9.97. The predicted molar refractivity (Wildman–Crippen MR) is 135 cm³/mol. The third-order valence-corrected chi connectivity index (χ3v) is 7.39. The van der Waals surface area contributed by atoms with Crippen molar-refractivity contribution >= 4 is 22.0 Å². The number of allylic oxidation sites excluding steroid dienone is 1. The van der Waals surface area contributed by atoms with E-state index in [4.69, 9.17) is 18.9 Å². The van der Waals surface area contributed by atoms with E-state index in [1.165, 1.54) is 26.2 Å². The number of sulfone groups is 1. The minimum atomic E-state index is -4.06. The van der Waals surface area contributed by atoms with Gasteiger partial charge in [-0.05, 0) is 64.4 Å². The number of amides is 2. The Morgan fingerprint density at radius 2 is 1.54 bits per heavy atom. The van der Waals surface area contributed by atoms with E-state index in [9.17, 15) is 18.0 Å². The van der Waals surface area contributed by atoms with Crippen molar-refractivity contribution in [2.75, 3.05) is 7.11 Å². The van der Waals surface area contributed by atoms with Gasteiger partial charge in [0.15, 0.2) is 0 Å². The molecule has 0 spiro atoms. The fourth-order valence-electron chi connectivity index (χ4n) is 3.88. The fourth-order valence-corrected chi connectivity index (χ4v) is 5.66. The summed E-state index contributed by atoms with van der Waals surface area (Å²) in [7, 11) is -2.55. The summed E-state index contributed by atoms with van der Waals surface area (Å²) in [6.07, 6.45) is -4.16. The molecule has 2 atom stereocenters. The molecule has 0 radical (unpaired) electrons. The molecule has 1 aliphatic heterocycles. The summed E-state index contributed by atoms with van der Waals surface area (Å²) in [5, 5.41) is 0.830. The third-order valence-electron chi connectivity index (χ3n) is 5.37. The van der Waals surface area contributed by atoms with Crippen LogP contribution in [-0.4, -0.2) is 51.2 Å². The molecule has 0 aromatic heterocycles. The van der Waals surface area contributed by atoms with Gasteiger partial charge >= 0.3 is 12.2 Å². The van der Waals surface area contributed by atoms with Gasteiger partial charge in [-0.3, -0.25) is 0 Å². The minimum Gasteiger partial charge on any atom is -0.497 e. The Balaban J connectivity index is 2.14. The molecule has 11 heteroatoms. The van der Waals surface area contributed by atoms with E-state index in [0.29, 0.717) is 11.3 Å². The van der Waals surface area contributed by atoms with Crippen LogP contribution in [0.5, 0.6) is 5.75 Å². The number of hydrazine groups is 1. The highest BCUT2D eigenvalue weighted by Gasteiger charge is 2.48. The molecule has 2 aromatic carbocycles. The second-order valence-corrected chi connectivity index (χ2v) is 10.8. The smallest absolute Gasteiger partial charge is 0.432 e. The molecular formula is C26H32N2O8S. The topological polar surface area (TPSA) is 120 Å². The van der Waals surface area contributed by atoms with Crippen LogP contribution in [0.3, 0.4) is 0 Å². The Morgan fingerprint density at radius 3 is 2.08 bits per heavy atom. The lowest BCUT2D eigenvalue weighted by molar-refractivity contribution is -0.0466. The van der Waals surface area contributed by atoms with Crippen molar-refractivity contribution in [1.29, 1.82) is 0 Å². The maximum atomic E-state index is 13.8. The van der Waals surface area contributed by atoms with Crippen molar-refractivity contribution < 1.29 is 37.0 Å². The largest absolute Gasteiger partial charge is 0.497 e. The Bertz CT molecular complexity index is 1240. The molecule has 10 nitrogen and oxygen atoms in total. The van der Waals surface area contributed by atoms with Crippen LogP contribution in [0.15, 0.2) is 70.2 Å². The summed E-state index contributed by atoms with van der Waals surface area (Å²) in [4.78, 5) is 25.7. The Hall–Kier alpha value is -3.73. The first kappa shape index (κ1) is 27.9. The van der Waals surface area contributed by atoms with Crippen LogP contribution in [0.2, 0.25) is 0 Å². The zero-order chi connectivity index (χ0) is 27.3. The van der Waals surface area contributed by atoms with Crippen LogP contribution in [0.25, 0.3) is 0 Å². The van der Waals surface area contributed by atoms with Crippen molar-refractivity contribution in [3.05, 3.63) is 70.8 Å². The number of nitrogens with zero attached hydrogens (tertiary/aromatic N) is 1. The first-order valence-electron chi connectivity index (χ1n) is 11.7. The van der Waals surface area contributed by atoms with Gasteiger partial charge in [-0.2, -0.15) is 5.01 Å². The number of benzene rings is 2. The number of hydrogen-bond acceptors (Lipinski definition) is 8. The first-order valence-corrected chi connectivity index (χ1v) is 13.2. The maximum absolute atomic E-state index is 13.8. The molecule has 1 N–H and O–H groups in total. The van der Waals surface area contributed by atoms with Crippen LogP contribution in [-0.2, 0) is 24.0 Å². The SMILES string of the molecule is COc1ccc([C@@H]2C(S(=O)(=O)c3ccccc3)=C(C)O[C@H]2N(NC(=O)OC(C)C)C(=O)OC(C)C)cc1. The Kier molecular flexibility index (Phi) is 8.69. The van der Waals surface area contributed by atoms with Gasteiger partial charge in [0.05, 0.1) is 35.0 Å². The molecule has 200 valence electrons. The molecule has 3 rings (SSSR count). The van der Waals surface area contributed by atoms with Gasteiger partial charge in [0.2, 0.25) is 16.1 Å². The monoisotopic (exact) mass is 532 g/mol. The normalized spacial score (nSPS) is 17.4. The van der Waals surface area contributed by atoms with Crippen LogP contribution >= 0.6 is 0 Å². The van der Waals surface area contributed by atoms with Crippen molar-refractivity contribution in [2.45, 2.75) is 63.9 Å². The summed E-state index contributed by atoms with van der Waals surface area (Å²) in [5.41, 5.74) is 2.89. The molecule has 0 saturated carbocycles. The highest BCUT2D eigenvalue weighted by Crippen LogP contribution is 2.45. The average Bonchev–Trinajstić information content (AvgIpc) is 3.19. The molecule has 1 heterocycles. The van der Waals surface area contributed by atoms with Crippen LogP contribution in [0.1, 0.15) is 46.1 Å². The van der Waals surface area contributed by atoms with E-state index in [0.717, 1.165) is 5.01 Å². The number of methoxy groups -OCH3 is 1. The van der Waals surface area contributed by atoms with Crippen molar-refractivity contribution in [3.63, 3.8) is 0 Å². The lowest BCUT2D eigenvalue weighted by Crippen LogP contribution is -2.55. The zero-order valence-electron chi connectivity index (χ0n) is 21.6. The van der Waals surface area contributed by atoms with Gasteiger partial charge in [0.25, 0.3) is 0 Å². The summed E-state index contributed by atoms with van der Waals surface area (Å²) in [6.45, 7) is 8.10. The minimum absolute atomic E-state index is 0.0461. The highest BCUT2D eigenvalue weighted by molar-refractivity contribution is 7.95. The Morgan fingerprint density at radius 1 is 0.946 bits per heavy atom. The van der Waals surface area contributed by atoms with Gasteiger partial charge in [-0.15, -0.1) is 0 Å². The third kappa shape index (κ3) is 6.34. The summed E-state index contributed by atoms with van der Waals surface area (Å²) >= 11 is 0. The van der Waals surface area contributed by atoms with Gasteiger partial charge in [-0.1, -0.05) is 30.3 Å². The number of rotatable bonds is 7. The van der Waals surface area contributed by atoms with E-state index < -0.39 is 46.4 Å². The van der Waals surface area contributed by atoms with Gasteiger partial charge in [-0.25, -0.2) is 23.4 Å². The van der Waals surface area contributed by atoms with Crippen molar-refractivity contribution in [2.24, 2.45) is 0 Å². The molecular weight excluding hydrogens is 500 g/mol. The summed E-state index contributed by atoms with van der Waals surface area (Å²) in [5.74, 6) is -0.381. The number of hydrogen-bond donors (Lipinski definition) is 1. The van der Waals surface area contributed by atoms with Gasteiger partial charge in [0, 0.05) is 0 Å². The number of carbonyl (C=O) groups excluding carboxylic acids is 2. The molecule has 37 heavy (non-hydrogen) atoms. The fraction of sp³-hybridized carbons (Fsp3) is 0.385. The van der Waals surface area contributed by atoms with E-state index in [2.05, 4.69) is 5.43 Å². The van der Waals surface area contributed by atoms with Crippen molar-refractivity contribution in [1.82, 2.24) is 10.4 Å². The molecule has 0 fully saturated rings. The molecule has 1 aliphatic rings. The standard InChI is InChI=1S/C26H32N2O8S/c1-16(2)34-25(29)27-28(26(30)35-17(3)4)24-22(19-12-14-20(33-6)15-13-19)23(18(5)36-24)37(31,32)21-10-8-7-9-11-21/h7-17,22,24H,1-6H3,(H,27,29)/t22-,24-/m1/s1. The number of ether oxygens (including phenoxy) is 4. The second-order valence-electron chi connectivity index (χ2n) is 8.86. The van der Waals surface area contributed by atoms with Gasteiger partial charge in [0.1, 0.15) is 11.5 Å². The molecule has 2 aromatic rings. The highest BCUT2D eigenvalue weighted by atomic mass is 32.2. The number of carbonyl (C=O) groups is 2. The quantitative estimate of drug-likeness (QED) is 0.508. The zero-order valence-corrected chi connectivity index (χ0v) is 22.4. The summed E-state index contributed by atoms with van der Waals surface area (Å²) in [6, 6.07) is 14.6. The Labute approximate surface area is 217 Å². The predicted octanol–water partition coefficient (Wildman–Crippen LogP) is 4.74. The van der Waals surface area contributed by atoms with Crippen LogP contribution < -0.4 is 10.2 Å². The molecule has 0 unspecified atom stereocenters. The van der Waals surface area contributed by atoms with Gasteiger partial charge < -0.3 is 18.9 Å². The maximum Gasteiger partial charge on any atom is 0.432 e. The second kappa shape index (κ2) is 11.5. The van der Waals surface area contributed by atoms with Crippen LogP contribution in [0.4, 0.5) is 9.59 Å². The van der Waals surface area contributed by atoms with E-state index in [-0.39, 0.29) is 15.6 Å². The van der Waals surface area contributed by atoms with Crippen LogP contribution in [0, 0.1) is 0 Å². The van der Waals surface area contributed by atoms with E-state index in [1.54, 1.807) is 70.2 Å². The molecule has 0 saturated heterocycles. The first-order chi connectivity index (χ1) is 17.4. The molecule has 0 aliphatic carbocycles. The lowest BCUT2D eigenvalue weighted by Gasteiger charge is -2.32. The molecule has 2 amide bonds.